The topological polar surface area (TPSA) is 71.8 Å². The van der Waals surface area contributed by atoms with E-state index in [4.69, 9.17) is 9.15 Å². The van der Waals surface area contributed by atoms with Crippen LogP contribution in [0, 0.1) is 5.92 Å². The van der Waals surface area contributed by atoms with Gasteiger partial charge in [0.05, 0.1) is 6.61 Å². The fraction of sp³-hybridized carbons (Fsp3) is 0.357. The zero-order chi connectivity index (χ0) is 23.5. The number of amides is 2. The van der Waals surface area contributed by atoms with E-state index in [2.05, 4.69) is 12.2 Å². The maximum Gasteiger partial charge on any atom is 0.255 e. The first-order valence-corrected chi connectivity index (χ1v) is 12.2. The van der Waals surface area contributed by atoms with Gasteiger partial charge in [0.2, 0.25) is 5.91 Å². The average molecular weight is 459 g/mol. The summed E-state index contributed by atoms with van der Waals surface area (Å²) in [6.07, 6.45) is 4.91. The second-order valence-corrected chi connectivity index (χ2v) is 9.10. The molecule has 0 atom stereocenters. The number of hydrogen-bond donors (Lipinski definition) is 1. The van der Waals surface area contributed by atoms with E-state index in [1.54, 1.807) is 12.1 Å². The lowest BCUT2D eigenvalue weighted by Crippen LogP contribution is -2.36. The summed E-state index contributed by atoms with van der Waals surface area (Å²) < 4.78 is 11.8. The number of rotatable bonds is 8. The third-order valence-corrected chi connectivity index (χ3v) is 6.42. The minimum atomic E-state index is -0.165. The highest BCUT2D eigenvalue weighted by Gasteiger charge is 2.35. The monoisotopic (exact) mass is 458 g/mol. The van der Waals surface area contributed by atoms with Crippen LogP contribution in [0.3, 0.4) is 0 Å². The van der Waals surface area contributed by atoms with Crippen LogP contribution in [0.15, 0.2) is 59.0 Å². The first-order chi connectivity index (χ1) is 16.6. The highest BCUT2D eigenvalue weighted by Crippen LogP contribution is 2.35. The van der Waals surface area contributed by atoms with E-state index in [-0.39, 0.29) is 17.7 Å². The number of ether oxygens (including phenoxy) is 1. The Labute approximate surface area is 199 Å². The molecule has 176 valence electrons. The van der Waals surface area contributed by atoms with Crippen LogP contribution in [0.2, 0.25) is 0 Å². The Bertz CT molecular complexity index is 1160. The Morgan fingerprint density at radius 1 is 1.09 bits per heavy atom. The van der Waals surface area contributed by atoms with Gasteiger partial charge in [0.15, 0.2) is 0 Å². The predicted octanol–water partition coefficient (Wildman–Crippen LogP) is 5.67. The molecular weight excluding hydrogens is 428 g/mol. The summed E-state index contributed by atoms with van der Waals surface area (Å²) in [4.78, 5) is 27.0. The standard InChI is InChI=1S/C28H30N2O4/c1-2-3-16-33-24-12-8-20(9-13-24)27(31)29-23-10-6-19(7-11-23)26-17-22-18-30(15-14-25(22)34-26)28(32)21-4-5-21/h6-13,17,21H,2-5,14-16,18H2,1H3,(H,29,31). The van der Waals surface area contributed by atoms with Gasteiger partial charge in [0.25, 0.3) is 5.91 Å². The smallest absolute Gasteiger partial charge is 0.255 e. The van der Waals surface area contributed by atoms with E-state index in [0.29, 0.717) is 18.7 Å². The molecule has 0 bridgehead atoms. The summed E-state index contributed by atoms with van der Waals surface area (Å²) in [5.74, 6) is 2.90. The van der Waals surface area contributed by atoms with Crippen molar-refractivity contribution in [3.05, 3.63) is 71.5 Å². The first kappa shape index (κ1) is 22.3. The molecule has 2 heterocycles. The van der Waals surface area contributed by atoms with Crippen molar-refractivity contribution in [1.29, 1.82) is 0 Å². The van der Waals surface area contributed by atoms with E-state index in [1.165, 1.54) is 0 Å². The second kappa shape index (κ2) is 9.75. The molecule has 1 aromatic heterocycles. The van der Waals surface area contributed by atoms with Crippen LogP contribution in [-0.4, -0.2) is 29.9 Å². The summed E-state index contributed by atoms with van der Waals surface area (Å²) in [6, 6.07) is 16.9. The number of nitrogens with one attached hydrogen (secondary N) is 1. The zero-order valence-corrected chi connectivity index (χ0v) is 19.5. The van der Waals surface area contributed by atoms with Crippen LogP contribution in [0.4, 0.5) is 5.69 Å². The van der Waals surface area contributed by atoms with Crippen LogP contribution < -0.4 is 10.1 Å². The van der Waals surface area contributed by atoms with Crippen molar-refractivity contribution < 1.29 is 18.7 Å². The summed E-state index contributed by atoms with van der Waals surface area (Å²) in [7, 11) is 0. The molecule has 1 aliphatic heterocycles. The van der Waals surface area contributed by atoms with Crippen molar-refractivity contribution in [3.63, 3.8) is 0 Å². The Morgan fingerprint density at radius 3 is 2.56 bits per heavy atom. The SMILES string of the molecule is CCCCOc1ccc(C(=O)Nc2ccc(-c3cc4c(o3)CCN(C(=O)C3CC3)C4)cc2)cc1. The molecule has 1 saturated carbocycles. The van der Waals surface area contributed by atoms with E-state index >= 15 is 0 Å². The molecule has 0 spiro atoms. The van der Waals surface area contributed by atoms with Crippen molar-refractivity contribution in [2.75, 3.05) is 18.5 Å². The molecule has 0 saturated heterocycles. The highest BCUT2D eigenvalue weighted by atomic mass is 16.5. The second-order valence-electron chi connectivity index (χ2n) is 9.10. The van der Waals surface area contributed by atoms with Crippen molar-refractivity contribution in [1.82, 2.24) is 4.90 Å². The summed E-state index contributed by atoms with van der Waals surface area (Å²) >= 11 is 0. The maximum atomic E-state index is 12.6. The molecule has 2 amide bonds. The van der Waals surface area contributed by atoms with Gasteiger partial charge in [-0.3, -0.25) is 9.59 Å². The fourth-order valence-corrected chi connectivity index (χ4v) is 4.21. The number of furan rings is 1. The van der Waals surface area contributed by atoms with E-state index in [1.807, 2.05) is 47.4 Å². The lowest BCUT2D eigenvalue weighted by Gasteiger charge is -2.26. The first-order valence-electron chi connectivity index (χ1n) is 12.2. The lowest BCUT2D eigenvalue weighted by molar-refractivity contribution is -0.133. The summed E-state index contributed by atoms with van der Waals surface area (Å²) in [6.45, 7) is 4.17. The van der Waals surface area contributed by atoms with Crippen molar-refractivity contribution in [2.45, 2.75) is 45.6 Å². The Kier molecular flexibility index (Phi) is 6.39. The number of nitrogens with zero attached hydrogens (tertiary/aromatic N) is 1. The van der Waals surface area contributed by atoms with Crippen LogP contribution in [0.1, 0.15) is 54.3 Å². The van der Waals surface area contributed by atoms with Gasteiger partial charge < -0.3 is 19.4 Å². The average Bonchev–Trinajstić information content (AvgIpc) is 3.63. The number of carbonyl (C=O) groups is 2. The van der Waals surface area contributed by atoms with Gasteiger partial charge in [-0.05, 0) is 73.9 Å². The normalized spacial score (nSPS) is 15.0. The van der Waals surface area contributed by atoms with Gasteiger partial charge in [0.1, 0.15) is 17.3 Å². The number of unbranched alkanes of at least 4 members (excludes halogenated alkanes) is 1. The highest BCUT2D eigenvalue weighted by molar-refractivity contribution is 6.04. The molecule has 3 aromatic rings. The van der Waals surface area contributed by atoms with Crippen LogP contribution >= 0.6 is 0 Å². The molecule has 0 unspecified atom stereocenters. The Morgan fingerprint density at radius 2 is 1.85 bits per heavy atom. The molecule has 2 aliphatic rings. The van der Waals surface area contributed by atoms with Crippen LogP contribution in [0.5, 0.6) is 5.75 Å². The third-order valence-electron chi connectivity index (χ3n) is 6.42. The van der Waals surface area contributed by atoms with Gasteiger partial charge in [-0.1, -0.05) is 13.3 Å². The molecule has 5 rings (SSSR count). The van der Waals surface area contributed by atoms with Gasteiger partial charge in [-0.25, -0.2) is 0 Å². The van der Waals surface area contributed by atoms with Gasteiger partial charge >= 0.3 is 0 Å². The lowest BCUT2D eigenvalue weighted by atomic mass is 10.1. The van der Waals surface area contributed by atoms with E-state index in [0.717, 1.165) is 72.7 Å². The molecule has 1 aliphatic carbocycles. The number of hydrogen-bond acceptors (Lipinski definition) is 4. The minimum Gasteiger partial charge on any atom is -0.494 e. The van der Waals surface area contributed by atoms with Crippen molar-refractivity contribution in [2.24, 2.45) is 5.92 Å². The largest absolute Gasteiger partial charge is 0.494 e. The Balaban J connectivity index is 1.20. The van der Waals surface area contributed by atoms with Gasteiger partial charge in [0, 0.05) is 47.8 Å². The molecule has 0 radical (unpaired) electrons. The van der Waals surface area contributed by atoms with Crippen molar-refractivity contribution in [3.8, 4) is 17.1 Å². The number of carbonyl (C=O) groups excluding carboxylic acids is 2. The Hall–Kier alpha value is -3.54. The van der Waals surface area contributed by atoms with Gasteiger partial charge in [-0.2, -0.15) is 0 Å². The molecule has 1 fully saturated rings. The quantitative estimate of drug-likeness (QED) is 0.441. The predicted molar refractivity (Wildman–Crippen MR) is 131 cm³/mol. The molecule has 6 heteroatoms. The van der Waals surface area contributed by atoms with E-state index in [9.17, 15) is 9.59 Å². The van der Waals surface area contributed by atoms with Crippen molar-refractivity contribution >= 4 is 17.5 Å². The minimum absolute atomic E-state index is 0.165. The number of anilines is 1. The van der Waals surface area contributed by atoms with Crippen LogP contribution in [-0.2, 0) is 17.8 Å². The molecule has 6 nitrogen and oxygen atoms in total. The summed E-state index contributed by atoms with van der Waals surface area (Å²) in [5.41, 5.74) is 3.33. The number of fused-ring (bicyclic) bond motifs is 1. The summed E-state index contributed by atoms with van der Waals surface area (Å²) in [5, 5.41) is 2.94. The van der Waals surface area contributed by atoms with Gasteiger partial charge in [-0.15, -0.1) is 0 Å². The van der Waals surface area contributed by atoms with Crippen LogP contribution in [0.25, 0.3) is 11.3 Å². The molecular formula is C28H30N2O4. The number of benzene rings is 2. The third kappa shape index (κ3) is 5.01. The zero-order valence-electron chi connectivity index (χ0n) is 19.5. The maximum absolute atomic E-state index is 12.6. The molecule has 2 aromatic carbocycles. The van der Waals surface area contributed by atoms with E-state index < -0.39 is 0 Å². The fourth-order valence-electron chi connectivity index (χ4n) is 4.21. The molecule has 1 N–H and O–H groups in total. The molecule has 34 heavy (non-hydrogen) atoms.